The van der Waals surface area contributed by atoms with Gasteiger partial charge in [-0.1, -0.05) is 12.1 Å². The number of aryl methyl sites for hydroxylation is 2. The Morgan fingerprint density at radius 2 is 2.38 bits per heavy atom. The van der Waals surface area contributed by atoms with Crippen LogP contribution in [0.4, 0.5) is 0 Å². The molecule has 0 radical (unpaired) electrons. The largest absolute Gasteiger partial charge is 0.411 e. The van der Waals surface area contributed by atoms with Crippen LogP contribution in [-0.2, 0) is 6.54 Å². The van der Waals surface area contributed by atoms with Crippen molar-refractivity contribution >= 4 is 5.71 Å². The van der Waals surface area contributed by atoms with Crippen molar-refractivity contribution in [2.45, 2.75) is 33.7 Å². The zero-order valence-corrected chi connectivity index (χ0v) is 8.28. The first kappa shape index (κ1) is 9.77. The molecule has 4 heteroatoms. The van der Waals surface area contributed by atoms with Crippen molar-refractivity contribution in [1.82, 2.24) is 9.78 Å². The average molecular weight is 181 g/mol. The van der Waals surface area contributed by atoms with Gasteiger partial charge in [-0.25, -0.2) is 0 Å². The summed E-state index contributed by atoms with van der Waals surface area (Å²) in [4.78, 5) is 0. The number of aromatic nitrogens is 2. The Hall–Kier alpha value is -1.32. The summed E-state index contributed by atoms with van der Waals surface area (Å²) in [6.07, 6.45) is 2.96. The van der Waals surface area contributed by atoms with E-state index >= 15 is 0 Å². The Bertz CT molecular complexity index is 315. The van der Waals surface area contributed by atoms with Crippen molar-refractivity contribution in [1.29, 1.82) is 0 Å². The first-order chi connectivity index (χ1) is 6.19. The SMILES string of the molecule is CCCn1cc(/C(C)=N/O)c(C)n1. The molecule has 1 rings (SSSR count). The van der Waals surface area contributed by atoms with Crippen LogP contribution in [0.5, 0.6) is 0 Å². The molecule has 0 saturated heterocycles. The molecule has 1 heterocycles. The molecule has 0 spiro atoms. The highest BCUT2D eigenvalue weighted by atomic mass is 16.4. The van der Waals surface area contributed by atoms with E-state index in [-0.39, 0.29) is 0 Å². The molecule has 4 nitrogen and oxygen atoms in total. The first-order valence-electron chi connectivity index (χ1n) is 4.42. The average Bonchev–Trinajstić information content (AvgIpc) is 2.46. The molecule has 1 aromatic heterocycles. The molecule has 0 unspecified atom stereocenters. The van der Waals surface area contributed by atoms with Gasteiger partial charge in [0.05, 0.1) is 11.4 Å². The molecular formula is C9H15N3O. The molecule has 13 heavy (non-hydrogen) atoms. The molecule has 72 valence electrons. The van der Waals surface area contributed by atoms with E-state index in [0.717, 1.165) is 24.2 Å². The molecule has 0 saturated carbocycles. The van der Waals surface area contributed by atoms with Crippen LogP contribution in [0, 0.1) is 6.92 Å². The summed E-state index contributed by atoms with van der Waals surface area (Å²) in [6.45, 7) is 6.68. The third kappa shape index (κ3) is 2.08. The summed E-state index contributed by atoms with van der Waals surface area (Å²) in [6, 6.07) is 0. The minimum atomic E-state index is 0.611. The Morgan fingerprint density at radius 3 is 2.92 bits per heavy atom. The molecule has 0 aliphatic rings. The Morgan fingerprint density at radius 1 is 1.69 bits per heavy atom. The molecule has 0 aliphatic heterocycles. The predicted molar refractivity (Wildman–Crippen MR) is 51.3 cm³/mol. The van der Waals surface area contributed by atoms with E-state index in [9.17, 15) is 0 Å². The highest BCUT2D eigenvalue weighted by Crippen LogP contribution is 2.07. The topological polar surface area (TPSA) is 50.4 Å². The van der Waals surface area contributed by atoms with Gasteiger partial charge in [0.1, 0.15) is 0 Å². The fourth-order valence-corrected chi connectivity index (χ4v) is 1.27. The Balaban J connectivity index is 2.96. The fourth-order valence-electron chi connectivity index (χ4n) is 1.27. The molecule has 0 atom stereocenters. The lowest BCUT2D eigenvalue weighted by molar-refractivity contribution is 0.319. The van der Waals surface area contributed by atoms with Crippen LogP contribution in [0.3, 0.4) is 0 Å². The number of rotatable bonds is 3. The van der Waals surface area contributed by atoms with E-state index in [1.54, 1.807) is 6.92 Å². The normalized spacial score (nSPS) is 12.1. The Kier molecular flexibility index (Phi) is 3.06. The maximum atomic E-state index is 8.60. The van der Waals surface area contributed by atoms with Crippen LogP contribution in [0.2, 0.25) is 0 Å². The monoisotopic (exact) mass is 181 g/mol. The van der Waals surface area contributed by atoms with Crippen molar-refractivity contribution in [3.05, 3.63) is 17.5 Å². The van der Waals surface area contributed by atoms with Crippen LogP contribution in [-0.4, -0.2) is 20.7 Å². The maximum absolute atomic E-state index is 8.60. The highest BCUT2D eigenvalue weighted by Gasteiger charge is 2.07. The van der Waals surface area contributed by atoms with Crippen molar-refractivity contribution < 1.29 is 5.21 Å². The predicted octanol–water partition coefficient (Wildman–Crippen LogP) is 1.80. The van der Waals surface area contributed by atoms with Crippen LogP contribution >= 0.6 is 0 Å². The van der Waals surface area contributed by atoms with Gasteiger partial charge in [-0.2, -0.15) is 5.10 Å². The molecule has 0 aliphatic carbocycles. The third-order valence-electron chi connectivity index (χ3n) is 1.94. The fraction of sp³-hybridized carbons (Fsp3) is 0.556. The van der Waals surface area contributed by atoms with Crippen LogP contribution in [0.25, 0.3) is 0 Å². The van der Waals surface area contributed by atoms with Gasteiger partial charge in [-0.15, -0.1) is 0 Å². The van der Waals surface area contributed by atoms with Gasteiger partial charge in [0.25, 0.3) is 0 Å². The van der Waals surface area contributed by atoms with Crippen molar-refractivity contribution in [2.24, 2.45) is 5.16 Å². The molecule has 1 aromatic rings. The smallest absolute Gasteiger partial charge is 0.0871 e. The summed E-state index contributed by atoms with van der Waals surface area (Å²) in [5, 5.41) is 16.1. The van der Waals surface area contributed by atoms with Gasteiger partial charge < -0.3 is 5.21 Å². The maximum Gasteiger partial charge on any atom is 0.0871 e. The number of oxime groups is 1. The lowest BCUT2D eigenvalue weighted by Crippen LogP contribution is -1.96. The molecule has 0 fully saturated rings. The van der Waals surface area contributed by atoms with Crippen LogP contribution in [0.15, 0.2) is 11.4 Å². The lowest BCUT2D eigenvalue weighted by atomic mass is 10.2. The minimum Gasteiger partial charge on any atom is -0.411 e. The summed E-state index contributed by atoms with van der Waals surface area (Å²) in [7, 11) is 0. The number of hydrogen-bond donors (Lipinski definition) is 1. The number of nitrogens with zero attached hydrogens (tertiary/aromatic N) is 3. The molecular weight excluding hydrogens is 166 g/mol. The lowest BCUT2D eigenvalue weighted by Gasteiger charge is -1.94. The van der Waals surface area contributed by atoms with Gasteiger partial charge in [-0.05, 0) is 20.3 Å². The zero-order chi connectivity index (χ0) is 9.84. The van der Waals surface area contributed by atoms with Crippen molar-refractivity contribution in [2.75, 3.05) is 0 Å². The molecule has 0 aromatic carbocycles. The van der Waals surface area contributed by atoms with Crippen molar-refractivity contribution in [3.8, 4) is 0 Å². The van der Waals surface area contributed by atoms with Gasteiger partial charge in [0.2, 0.25) is 0 Å². The summed E-state index contributed by atoms with van der Waals surface area (Å²) >= 11 is 0. The van der Waals surface area contributed by atoms with Crippen LogP contribution < -0.4 is 0 Å². The Labute approximate surface area is 77.9 Å². The van der Waals surface area contributed by atoms with E-state index in [2.05, 4.69) is 17.2 Å². The molecule has 0 amide bonds. The minimum absolute atomic E-state index is 0.611. The second kappa shape index (κ2) is 4.07. The van der Waals surface area contributed by atoms with E-state index in [1.165, 1.54) is 0 Å². The van der Waals surface area contributed by atoms with E-state index < -0.39 is 0 Å². The van der Waals surface area contributed by atoms with Gasteiger partial charge in [-0.3, -0.25) is 4.68 Å². The first-order valence-corrected chi connectivity index (χ1v) is 4.42. The summed E-state index contributed by atoms with van der Waals surface area (Å²) < 4.78 is 1.87. The van der Waals surface area contributed by atoms with Crippen LogP contribution in [0.1, 0.15) is 31.5 Å². The zero-order valence-electron chi connectivity index (χ0n) is 8.28. The number of hydrogen-bond acceptors (Lipinski definition) is 3. The van der Waals surface area contributed by atoms with Gasteiger partial charge >= 0.3 is 0 Å². The van der Waals surface area contributed by atoms with E-state index in [1.807, 2.05) is 17.8 Å². The quantitative estimate of drug-likeness (QED) is 0.439. The summed E-state index contributed by atoms with van der Waals surface area (Å²) in [5.74, 6) is 0. The second-order valence-corrected chi connectivity index (χ2v) is 3.08. The highest BCUT2D eigenvalue weighted by molar-refractivity contribution is 5.98. The van der Waals surface area contributed by atoms with E-state index in [4.69, 9.17) is 5.21 Å². The molecule has 1 N–H and O–H groups in total. The van der Waals surface area contributed by atoms with E-state index in [0.29, 0.717) is 5.71 Å². The van der Waals surface area contributed by atoms with Crippen molar-refractivity contribution in [3.63, 3.8) is 0 Å². The molecule has 0 bridgehead atoms. The van der Waals surface area contributed by atoms with Gasteiger partial charge in [0, 0.05) is 18.3 Å². The van der Waals surface area contributed by atoms with Gasteiger partial charge in [0.15, 0.2) is 0 Å². The second-order valence-electron chi connectivity index (χ2n) is 3.08. The summed E-state index contributed by atoms with van der Waals surface area (Å²) in [5.41, 5.74) is 2.43. The standard InChI is InChI=1S/C9H15N3O/c1-4-5-12-6-9(7(2)10-12)8(3)11-13/h6,13H,4-5H2,1-3H3/b11-8+. The third-order valence-corrected chi connectivity index (χ3v) is 1.94.